The largest absolute Gasteiger partial charge is 0.394 e. The Hall–Kier alpha value is 0.660. The summed E-state index contributed by atoms with van der Waals surface area (Å²) in [6.45, 7) is 1.95. The molecule has 0 aliphatic carbocycles. The molecular weight excluding hydrogens is 128 g/mol. The van der Waals surface area contributed by atoms with Crippen molar-refractivity contribution in [3.8, 4) is 0 Å². The van der Waals surface area contributed by atoms with Gasteiger partial charge in [0.25, 0.3) is 0 Å². The van der Waals surface area contributed by atoms with Crippen LogP contribution in [0.15, 0.2) is 0 Å². The first-order chi connectivity index (χ1) is 3.12. The maximum Gasteiger partial charge on any atom is 0.0779 e. The minimum atomic E-state index is -0.472. The molecule has 44 valence electrons. The van der Waals surface area contributed by atoms with Crippen LogP contribution in [0, 0.1) is 0 Å². The molecule has 0 rings (SSSR count). The molecule has 0 bridgehead atoms. The molecule has 0 aromatic carbocycles. The Bertz CT molecular complexity index is 47.7. The number of thiol groups is 2. The summed E-state index contributed by atoms with van der Waals surface area (Å²) in [6, 6.07) is 0. The molecule has 0 amide bonds. The highest BCUT2D eigenvalue weighted by Crippen LogP contribution is 2.21. The highest BCUT2D eigenvalue weighted by Gasteiger charge is 2.14. The number of aliphatic hydroxyl groups is 1. The molecule has 0 heterocycles. The van der Waals surface area contributed by atoms with Crippen LogP contribution in [0.2, 0.25) is 0 Å². The molecule has 1 N–H and O–H groups in total. The summed E-state index contributed by atoms with van der Waals surface area (Å²) in [4.78, 5) is 0. The molecule has 0 unspecified atom stereocenters. The highest BCUT2D eigenvalue weighted by molar-refractivity contribution is 8.00. The van der Waals surface area contributed by atoms with E-state index >= 15 is 0 Å². The summed E-state index contributed by atoms with van der Waals surface area (Å²) in [7, 11) is 0. The van der Waals surface area contributed by atoms with E-state index in [1.807, 2.05) is 6.92 Å². The van der Waals surface area contributed by atoms with Crippen molar-refractivity contribution in [2.24, 2.45) is 0 Å². The van der Waals surface area contributed by atoms with Gasteiger partial charge < -0.3 is 5.11 Å². The zero-order valence-corrected chi connectivity index (χ0v) is 6.04. The first kappa shape index (κ1) is 7.66. The van der Waals surface area contributed by atoms with Gasteiger partial charge in [-0.2, -0.15) is 25.3 Å². The molecule has 0 aliphatic rings. The number of hydrogen-bond acceptors (Lipinski definition) is 3. The zero-order chi connectivity index (χ0) is 5.91. The quantitative estimate of drug-likeness (QED) is 0.383. The number of hydrogen-bond donors (Lipinski definition) is 3. The summed E-state index contributed by atoms with van der Waals surface area (Å²) < 4.78 is -0.472. The fourth-order valence-electron chi connectivity index (χ4n) is 0.112. The minimum Gasteiger partial charge on any atom is -0.394 e. The Labute approximate surface area is 54.9 Å². The topological polar surface area (TPSA) is 20.2 Å². The van der Waals surface area contributed by atoms with Gasteiger partial charge in [-0.1, -0.05) is 6.92 Å². The molecule has 0 aromatic heterocycles. The molecule has 0 fully saturated rings. The third-order valence-electron chi connectivity index (χ3n) is 0.819. The van der Waals surface area contributed by atoms with E-state index in [0.717, 1.165) is 6.42 Å². The van der Waals surface area contributed by atoms with Gasteiger partial charge in [-0.3, -0.25) is 0 Å². The zero-order valence-electron chi connectivity index (χ0n) is 4.26. The van der Waals surface area contributed by atoms with E-state index in [4.69, 9.17) is 5.11 Å². The van der Waals surface area contributed by atoms with Crippen LogP contribution in [0.3, 0.4) is 0 Å². The van der Waals surface area contributed by atoms with Crippen LogP contribution in [0.1, 0.15) is 13.3 Å². The van der Waals surface area contributed by atoms with Crippen molar-refractivity contribution in [3.05, 3.63) is 0 Å². The summed E-state index contributed by atoms with van der Waals surface area (Å²) in [5, 5.41) is 8.44. The fraction of sp³-hybridized carbons (Fsp3) is 1.00. The molecule has 7 heavy (non-hydrogen) atoms. The number of aliphatic hydroxyl groups excluding tert-OH is 1. The molecule has 0 saturated heterocycles. The lowest BCUT2D eigenvalue weighted by molar-refractivity contribution is 0.283. The monoisotopic (exact) mass is 138 g/mol. The van der Waals surface area contributed by atoms with E-state index in [-0.39, 0.29) is 6.61 Å². The third-order valence-corrected chi connectivity index (χ3v) is 1.73. The van der Waals surface area contributed by atoms with Crippen molar-refractivity contribution in [1.82, 2.24) is 0 Å². The average molecular weight is 138 g/mol. The van der Waals surface area contributed by atoms with E-state index in [1.54, 1.807) is 0 Å². The second kappa shape index (κ2) is 2.84. The molecule has 0 spiro atoms. The van der Waals surface area contributed by atoms with Crippen molar-refractivity contribution in [3.63, 3.8) is 0 Å². The van der Waals surface area contributed by atoms with Gasteiger partial charge in [-0.25, -0.2) is 0 Å². The Morgan fingerprint density at radius 2 is 2.00 bits per heavy atom. The van der Waals surface area contributed by atoms with Crippen LogP contribution >= 0.6 is 25.3 Å². The van der Waals surface area contributed by atoms with Gasteiger partial charge in [0.1, 0.15) is 0 Å². The third kappa shape index (κ3) is 3.26. The van der Waals surface area contributed by atoms with Gasteiger partial charge in [0.05, 0.1) is 10.7 Å². The van der Waals surface area contributed by atoms with Crippen molar-refractivity contribution in [1.29, 1.82) is 0 Å². The molecule has 0 radical (unpaired) electrons. The highest BCUT2D eigenvalue weighted by atomic mass is 32.2. The van der Waals surface area contributed by atoms with Crippen molar-refractivity contribution in [2.45, 2.75) is 17.4 Å². The van der Waals surface area contributed by atoms with Crippen molar-refractivity contribution >= 4 is 25.3 Å². The van der Waals surface area contributed by atoms with E-state index in [9.17, 15) is 0 Å². The summed E-state index contributed by atoms with van der Waals surface area (Å²) in [5.41, 5.74) is 0. The SMILES string of the molecule is CCC(S)(S)CO. The maximum atomic E-state index is 8.44. The van der Waals surface area contributed by atoms with E-state index < -0.39 is 4.08 Å². The van der Waals surface area contributed by atoms with Gasteiger partial charge in [-0.05, 0) is 6.42 Å². The Kier molecular flexibility index (Phi) is 3.11. The second-order valence-electron chi connectivity index (χ2n) is 1.49. The van der Waals surface area contributed by atoms with Crippen LogP contribution in [0.4, 0.5) is 0 Å². The van der Waals surface area contributed by atoms with Gasteiger partial charge in [0.15, 0.2) is 0 Å². The number of rotatable bonds is 2. The lowest BCUT2D eigenvalue weighted by Crippen LogP contribution is -2.16. The van der Waals surface area contributed by atoms with Crippen molar-refractivity contribution < 1.29 is 5.11 Å². The average Bonchev–Trinajstić information content (AvgIpc) is 1.68. The van der Waals surface area contributed by atoms with Crippen LogP contribution in [-0.4, -0.2) is 15.8 Å². The molecule has 1 nitrogen and oxygen atoms in total. The van der Waals surface area contributed by atoms with Gasteiger partial charge in [0, 0.05) is 0 Å². The molecular formula is C4H10OS2. The van der Waals surface area contributed by atoms with Gasteiger partial charge in [0.2, 0.25) is 0 Å². The predicted octanol–water partition coefficient (Wildman–Crippen LogP) is 0.945. The molecule has 0 aliphatic heterocycles. The first-order valence-corrected chi connectivity index (χ1v) is 3.07. The van der Waals surface area contributed by atoms with Crippen LogP contribution in [0.5, 0.6) is 0 Å². The minimum absolute atomic E-state index is 0.0235. The first-order valence-electron chi connectivity index (χ1n) is 2.18. The Morgan fingerprint density at radius 3 is 2.00 bits per heavy atom. The lowest BCUT2D eigenvalue weighted by Gasteiger charge is -2.15. The summed E-state index contributed by atoms with van der Waals surface area (Å²) >= 11 is 8.00. The second-order valence-corrected chi connectivity index (χ2v) is 3.56. The summed E-state index contributed by atoms with van der Waals surface area (Å²) in [5.74, 6) is 0. The van der Waals surface area contributed by atoms with Crippen LogP contribution in [0.25, 0.3) is 0 Å². The van der Waals surface area contributed by atoms with Gasteiger partial charge in [-0.15, -0.1) is 0 Å². The van der Waals surface area contributed by atoms with E-state index in [0.29, 0.717) is 0 Å². The standard InChI is InChI=1S/C4H10OS2/c1-2-4(6,7)3-5/h5-7H,2-3H2,1H3. The van der Waals surface area contributed by atoms with E-state index in [1.165, 1.54) is 0 Å². The normalized spacial score (nSPS) is 12.0. The fourth-order valence-corrected chi connectivity index (χ4v) is 0.112. The maximum absolute atomic E-state index is 8.44. The smallest absolute Gasteiger partial charge is 0.0779 e. The lowest BCUT2D eigenvalue weighted by atomic mass is 10.3. The Morgan fingerprint density at radius 1 is 1.57 bits per heavy atom. The predicted molar refractivity (Wildman–Crippen MR) is 38.1 cm³/mol. The molecule has 0 atom stereocenters. The van der Waals surface area contributed by atoms with Crippen LogP contribution in [-0.2, 0) is 0 Å². The summed E-state index contributed by atoms with van der Waals surface area (Å²) in [6.07, 6.45) is 0.774. The Balaban J connectivity index is 3.36. The molecule has 0 saturated carbocycles. The van der Waals surface area contributed by atoms with Crippen LogP contribution < -0.4 is 0 Å². The van der Waals surface area contributed by atoms with E-state index in [2.05, 4.69) is 25.3 Å². The van der Waals surface area contributed by atoms with Crippen molar-refractivity contribution in [2.75, 3.05) is 6.61 Å². The van der Waals surface area contributed by atoms with Gasteiger partial charge >= 0.3 is 0 Å². The molecule has 3 heteroatoms. The molecule has 0 aromatic rings.